The van der Waals surface area contributed by atoms with E-state index in [0.29, 0.717) is 0 Å². The molecule has 11 heteroatoms. The van der Waals surface area contributed by atoms with E-state index in [1.165, 1.54) is 6.92 Å². The van der Waals surface area contributed by atoms with Gasteiger partial charge in [-0.15, -0.1) is 0 Å². The van der Waals surface area contributed by atoms with E-state index in [0.717, 1.165) is 16.5 Å². The van der Waals surface area contributed by atoms with Crippen molar-refractivity contribution in [1.29, 1.82) is 0 Å². The Morgan fingerprint density at radius 3 is 2.43 bits per heavy atom. The van der Waals surface area contributed by atoms with Crippen molar-refractivity contribution in [3.05, 3.63) is 36.0 Å². The summed E-state index contributed by atoms with van der Waals surface area (Å²) in [4.78, 5) is 49.9. The van der Waals surface area contributed by atoms with Crippen LogP contribution in [0, 0.1) is 0 Å². The van der Waals surface area contributed by atoms with Crippen LogP contribution in [0.5, 0.6) is 0 Å². The molecule has 11 nitrogen and oxygen atoms in total. The van der Waals surface area contributed by atoms with E-state index in [1.807, 2.05) is 24.3 Å². The predicted octanol–water partition coefficient (Wildman–Crippen LogP) is -1.78. The lowest BCUT2D eigenvalue weighted by atomic mass is 10.1. The summed E-state index contributed by atoms with van der Waals surface area (Å²) in [6.07, 6.45) is 0.672. The fourth-order valence-corrected chi connectivity index (χ4v) is 2.71. The summed E-state index contributed by atoms with van der Waals surface area (Å²) in [5.74, 6) is -3.28. The lowest BCUT2D eigenvalue weighted by Gasteiger charge is -2.15. The Labute approximate surface area is 172 Å². The van der Waals surface area contributed by atoms with Gasteiger partial charge in [-0.25, -0.2) is 4.79 Å². The van der Waals surface area contributed by atoms with Gasteiger partial charge in [0, 0.05) is 23.5 Å². The van der Waals surface area contributed by atoms with Crippen LogP contribution in [0.2, 0.25) is 0 Å². The van der Waals surface area contributed by atoms with Gasteiger partial charge in [0.15, 0.2) is 0 Å². The number of carboxylic acids is 1. The van der Waals surface area contributed by atoms with Crippen molar-refractivity contribution in [2.24, 2.45) is 5.73 Å². The van der Waals surface area contributed by atoms with Gasteiger partial charge in [-0.3, -0.25) is 14.4 Å². The minimum Gasteiger partial charge on any atom is -0.480 e. The van der Waals surface area contributed by atoms with Gasteiger partial charge in [-0.1, -0.05) is 18.2 Å². The number of nitrogens with one attached hydrogen (secondary N) is 4. The first-order valence-electron chi connectivity index (χ1n) is 9.24. The number of rotatable bonds is 10. The molecule has 1 aromatic carbocycles. The van der Waals surface area contributed by atoms with Crippen molar-refractivity contribution in [2.45, 2.75) is 31.5 Å². The fourth-order valence-electron chi connectivity index (χ4n) is 2.71. The Kier molecular flexibility index (Phi) is 7.90. The topological polar surface area (TPSA) is 187 Å². The second-order valence-corrected chi connectivity index (χ2v) is 6.78. The van der Waals surface area contributed by atoms with E-state index in [9.17, 15) is 29.4 Å². The molecule has 0 aliphatic rings. The Morgan fingerprint density at radius 2 is 1.77 bits per heavy atom. The van der Waals surface area contributed by atoms with Gasteiger partial charge in [0.2, 0.25) is 17.7 Å². The van der Waals surface area contributed by atoms with Gasteiger partial charge in [0.1, 0.15) is 12.1 Å². The molecule has 162 valence electrons. The number of carboxylic acid groups (broad SMARTS) is 1. The van der Waals surface area contributed by atoms with E-state index >= 15 is 0 Å². The van der Waals surface area contributed by atoms with Crippen LogP contribution >= 0.6 is 0 Å². The Hall–Kier alpha value is -3.44. The molecule has 3 amide bonds. The van der Waals surface area contributed by atoms with Crippen molar-refractivity contribution in [1.82, 2.24) is 20.9 Å². The maximum absolute atomic E-state index is 12.1. The lowest BCUT2D eigenvalue weighted by Crippen LogP contribution is -2.51. The minimum atomic E-state index is -1.21. The fraction of sp³-hybridized carbons (Fsp3) is 0.368. The molecule has 0 fully saturated rings. The molecule has 1 aromatic heterocycles. The van der Waals surface area contributed by atoms with Crippen molar-refractivity contribution in [3.8, 4) is 0 Å². The van der Waals surface area contributed by atoms with Crippen LogP contribution < -0.4 is 21.7 Å². The minimum absolute atomic E-state index is 0.0618. The van der Waals surface area contributed by atoms with E-state index in [4.69, 9.17) is 5.73 Å². The lowest BCUT2D eigenvalue weighted by molar-refractivity contribution is -0.141. The number of aliphatic carboxylic acids is 1. The third-order valence-electron chi connectivity index (χ3n) is 4.42. The molecule has 3 unspecified atom stereocenters. The van der Waals surface area contributed by atoms with E-state index < -0.39 is 55.0 Å². The highest BCUT2D eigenvalue weighted by Gasteiger charge is 2.22. The number of carbonyl (C=O) groups excluding carboxylic acids is 3. The predicted molar refractivity (Wildman–Crippen MR) is 107 cm³/mol. The summed E-state index contributed by atoms with van der Waals surface area (Å²) in [6.45, 7) is 0.433. The molecule has 0 saturated carbocycles. The van der Waals surface area contributed by atoms with Gasteiger partial charge in [-0.05, 0) is 18.6 Å². The van der Waals surface area contributed by atoms with Gasteiger partial charge in [0.05, 0.1) is 19.2 Å². The Bertz CT molecular complexity index is 925. The number of H-pyrrole nitrogens is 1. The van der Waals surface area contributed by atoms with Crippen LogP contribution in [0.4, 0.5) is 0 Å². The molecule has 0 saturated heterocycles. The molecule has 0 aliphatic heterocycles. The number of nitrogens with two attached hydrogens (primary N) is 1. The highest BCUT2D eigenvalue weighted by atomic mass is 16.4. The number of fused-ring (bicyclic) bond motifs is 1. The molecule has 2 rings (SSSR count). The summed E-state index contributed by atoms with van der Waals surface area (Å²) in [7, 11) is 0. The molecule has 0 radical (unpaired) electrons. The SMILES string of the molecule is CC(O)C(N)C(=O)NCC(=O)NCC(=O)NC(Cc1c[nH]c2ccccc12)C(=O)O. The van der Waals surface area contributed by atoms with Crippen LogP contribution in [0.15, 0.2) is 30.5 Å². The second-order valence-electron chi connectivity index (χ2n) is 6.78. The van der Waals surface area contributed by atoms with Crippen LogP contribution in [0.3, 0.4) is 0 Å². The average Bonchev–Trinajstić information content (AvgIpc) is 3.12. The Balaban J connectivity index is 1.83. The highest BCUT2D eigenvalue weighted by molar-refractivity contribution is 5.91. The van der Waals surface area contributed by atoms with Gasteiger partial charge >= 0.3 is 5.97 Å². The number of aliphatic hydroxyl groups excluding tert-OH is 1. The third-order valence-corrected chi connectivity index (χ3v) is 4.42. The molecule has 8 N–H and O–H groups in total. The maximum atomic E-state index is 12.1. The van der Waals surface area contributed by atoms with Gasteiger partial charge in [-0.2, -0.15) is 0 Å². The number of aliphatic hydroxyl groups is 1. The quantitative estimate of drug-likeness (QED) is 0.237. The monoisotopic (exact) mass is 419 g/mol. The number of hydrogen-bond acceptors (Lipinski definition) is 6. The van der Waals surface area contributed by atoms with Crippen molar-refractivity contribution in [3.63, 3.8) is 0 Å². The molecule has 30 heavy (non-hydrogen) atoms. The Morgan fingerprint density at radius 1 is 1.10 bits per heavy atom. The van der Waals surface area contributed by atoms with Crippen molar-refractivity contribution in [2.75, 3.05) is 13.1 Å². The smallest absolute Gasteiger partial charge is 0.326 e. The number of hydrogen-bond donors (Lipinski definition) is 7. The molecule has 1 heterocycles. The molecule has 0 spiro atoms. The summed E-state index contributed by atoms with van der Waals surface area (Å²) in [5.41, 5.74) is 7.02. The number of carbonyl (C=O) groups is 4. The maximum Gasteiger partial charge on any atom is 0.326 e. The first-order valence-corrected chi connectivity index (χ1v) is 9.24. The number of aromatic nitrogens is 1. The standard InChI is InChI=1S/C19H25N5O6/c1-10(25)17(20)18(28)23-8-15(26)22-9-16(27)24-14(19(29)30)6-11-7-21-13-5-3-2-4-12(11)13/h2-5,7,10,14,17,21,25H,6,8-9,20H2,1H3,(H,22,26)(H,23,28)(H,24,27)(H,29,30). The zero-order valence-corrected chi connectivity index (χ0v) is 16.3. The summed E-state index contributed by atoms with van der Waals surface area (Å²) in [5, 5.41) is 26.4. The van der Waals surface area contributed by atoms with Gasteiger partial charge < -0.3 is 36.9 Å². The zero-order valence-electron chi connectivity index (χ0n) is 16.3. The van der Waals surface area contributed by atoms with Gasteiger partial charge in [0.25, 0.3) is 0 Å². The van der Waals surface area contributed by atoms with Crippen LogP contribution in [0.25, 0.3) is 10.9 Å². The zero-order chi connectivity index (χ0) is 22.3. The normalized spacial score (nSPS) is 13.8. The average molecular weight is 419 g/mol. The number of aromatic amines is 1. The largest absolute Gasteiger partial charge is 0.480 e. The summed E-state index contributed by atoms with van der Waals surface area (Å²) >= 11 is 0. The molecule has 0 bridgehead atoms. The number of amides is 3. The first kappa shape index (κ1) is 22.8. The number of benzene rings is 1. The highest BCUT2D eigenvalue weighted by Crippen LogP contribution is 2.19. The van der Waals surface area contributed by atoms with E-state index in [-0.39, 0.29) is 6.42 Å². The molecule has 2 aromatic rings. The van der Waals surface area contributed by atoms with Crippen molar-refractivity contribution >= 4 is 34.6 Å². The van der Waals surface area contributed by atoms with E-state index in [2.05, 4.69) is 20.9 Å². The molecule has 3 atom stereocenters. The molecular weight excluding hydrogens is 394 g/mol. The molecule has 0 aliphatic carbocycles. The third kappa shape index (κ3) is 6.29. The summed E-state index contributed by atoms with van der Waals surface area (Å²) < 4.78 is 0. The van der Waals surface area contributed by atoms with Crippen molar-refractivity contribution < 1.29 is 29.4 Å². The molecular formula is C19H25N5O6. The first-order chi connectivity index (χ1) is 14.2. The summed E-state index contributed by atoms with van der Waals surface area (Å²) in [6, 6.07) is 5.02. The van der Waals surface area contributed by atoms with Crippen LogP contribution in [0.1, 0.15) is 12.5 Å². The van der Waals surface area contributed by atoms with Crippen LogP contribution in [-0.4, -0.2) is 70.2 Å². The number of para-hydroxylation sites is 1. The van der Waals surface area contributed by atoms with Crippen LogP contribution in [-0.2, 0) is 25.6 Å². The van der Waals surface area contributed by atoms with E-state index in [1.54, 1.807) is 6.20 Å². The second kappa shape index (κ2) is 10.4.